The largest absolute Gasteiger partial charge is 0.497 e. The van der Waals surface area contributed by atoms with Gasteiger partial charge in [-0.1, -0.05) is 6.07 Å². The summed E-state index contributed by atoms with van der Waals surface area (Å²) in [5.41, 5.74) is 0.931. The predicted octanol–water partition coefficient (Wildman–Crippen LogP) is 3.42. The molecule has 0 fully saturated rings. The van der Waals surface area contributed by atoms with Gasteiger partial charge >= 0.3 is 0 Å². The molecule has 0 saturated heterocycles. The van der Waals surface area contributed by atoms with Crippen molar-refractivity contribution in [2.45, 2.75) is 20.0 Å². The van der Waals surface area contributed by atoms with Crippen molar-refractivity contribution < 1.29 is 4.74 Å². The fourth-order valence-corrected chi connectivity index (χ4v) is 2.96. The molecule has 0 unspecified atom stereocenters. The van der Waals surface area contributed by atoms with Crippen LogP contribution in [0.15, 0.2) is 46.8 Å². The molecule has 1 aromatic carbocycles. The molecule has 0 aliphatic heterocycles. The van der Waals surface area contributed by atoms with Crippen LogP contribution in [0.1, 0.15) is 17.6 Å². The summed E-state index contributed by atoms with van der Waals surface area (Å²) in [5.74, 6) is 2.92. The van der Waals surface area contributed by atoms with E-state index < -0.39 is 0 Å². The summed E-state index contributed by atoms with van der Waals surface area (Å²) in [4.78, 5) is 10.3. The van der Waals surface area contributed by atoms with Crippen LogP contribution in [0.3, 0.4) is 0 Å². The molecule has 0 bridgehead atoms. The second-order valence-electron chi connectivity index (χ2n) is 5.46. The van der Waals surface area contributed by atoms with Crippen molar-refractivity contribution in [3.63, 3.8) is 0 Å². The van der Waals surface area contributed by atoms with Gasteiger partial charge in [-0.05, 0) is 42.6 Å². The number of ether oxygens (including phenoxy) is 1. The van der Waals surface area contributed by atoms with Crippen LogP contribution < -0.4 is 15.4 Å². The van der Waals surface area contributed by atoms with E-state index in [9.17, 15) is 0 Å². The van der Waals surface area contributed by atoms with E-state index in [0.717, 1.165) is 30.4 Å². The lowest BCUT2D eigenvalue weighted by atomic mass is 10.2. The van der Waals surface area contributed by atoms with Gasteiger partial charge in [0.1, 0.15) is 18.1 Å². The SMILES string of the molecule is CCNC(=NCc1nc(-c2ccc(OC)cc2)n[nH]1)NCc1cccs1.I. The van der Waals surface area contributed by atoms with Gasteiger partial charge in [0, 0.05) is 17.0 Å². The molecular formula is C18H23IN6OS. The Bertz CT molecular complexity index is 832. The third-order valence-electron chi connectivity index (χ3n) is 3.62. The summed E-state index contributed by atoms with van der Waals surface area (Å²) >= 11 is 1.72. The van der Waals surface area contributed by atoms with Crippen molar-refractivity contribution in [3.8, 4) is 17.1 Å². The van der Waals surface area contributed by atoms with Crippen molar-refractivity contribution >= 4 is 41.3 Å². The molecule has 0 amide bonds. The lowest BCUT2D eigenvalue weighted by molar-refractivity contribution is 0.415. The van der Waals surface area contributed by atoms with Crippen molar-refractivity contribution in [3.05, 3.63) is 52.5 Å². The minimum absolute atomic E-state index is 0. The fourth-order valence-electron chi connectivity index (χ4n) is 2.31. The summed E-state index contributed by atoms with van der Waals surface area (Å²) in [6.07, 6.45) is 0. The average Bonchev–Trinajstić information content (AvgIpc) is 3.36. The molecule has 9 heteroatoms. The van der Waals surface area contributed by atoms with Crippen molar-refractivity contribution in [2.24, 2.45) is 4.99 Å². The van der Waals surface area contributed by atoms with E-state index in [1.807, 2.05) is 37.3 Å². The summed E-state index contributed by atoms with van der Waals surface area (Å²) in [6.45, 7) is 4.00. The molecule has 2 heterocycles. The molecule has 3 aromatic rings. The molecule has 0 saturated carbocycles. The first kappa shape index (κ1) is 21.2. The monoisotopic (exact) mass is 498 g/mol. The predicted molar refractivity (Wildman–Crippen MR) is 120 cm³/mol. The highest BCUT2D eigenvalue weighted by Crippen LogP contribution is 2.19. The van der Waals surface area contributed by atoms with Gasteiger partial charge in [0.25, 0.3) is 0 Å². The molecule has 0 atom stereocenters. The highest BCUT2D eigenvalue weighted by molar-refractivity contribution is 14.0. The van der Waals surface area contributed by atoms with Gasteiger partial charge < -0.3 is 15.4 Å². The van der Waals surface area contributed by atoms with E-state index in [1.165, 1.54) is 4.88 Å². The van der Waals surface area contributed by atoms with E-state index in [1.54, 1.807) is 18.4 Å². The van der Waals surface area contributed by atoms with Crippen LogP contribution in [-0.4, -0.2) is 34.8 Å². The minimum Gasteiger partial charge on any atom is -0.497 e. The standard InChI is InChI=1S/C18H22N6OS.HI/c1-3-19-18(20-11-15-5-4-10-26-15)21-12-16-22-17(24-23-16)13-6-8-14(25-2)9-7-13;/h4-10H,3,11-12H2,1-2H3,(H2,19,20,21)(H,22,23,24);1H. The summed E-state index contributed by atoms with van der Waals surface area (Å²) in [7, 11) is 1.65. The Morgan fingerprint density at radius 3 is 2.70 bits per heavy atom. The number of methoxy groups -OCH3 is 1. The molecule has 2 aromatic heterocycles. The maximum Gasteiger partial charge on any atom is 0.191 e. The van der Waals surface area contributed by atoms with E-state index in [0.29, 0.717) is 18.2 Å². The number of rotatable bonds is 7. The molecule has 0 aliphatic rings. The summed E-state index contributed by atoms with van der Waals surface area (Å²) in [6, 6.07) is 11.8. The number of nitrogens with zero attached hydrogens (tertiary/aromatic N) is 3. The topological polar surface area (TPSA) is 87.2 Å². The molecule has 0 spiro atoms. The smallest absolute Gasteiger partial charge is 0.191 e. The summed E-state index contributed by atoms with van der Waals surface area (Å²) in [5, 5.41) is 15.8. The molecule has 0 aliphatic carbocycles. The second kappa shape index (κ2) is 10.9. The molecule has 144 valence electrons. The van der Waals surface area contributed by atoms with Gasteiger partial charge in [0.2, 0.25) is 0 Å². The van der Waals surface area contributed by atoms with Crippen LogP contribution in [-0.2, 0) is 13.1 Å². The van der Waals surface area contributed by atoms with E-state index in [4.69, 9.17) is 4.74 Å². The lowest BCUT2D eigenvalue weighted by Gasteiger charge is -2.09. The first-order valence-electron chi connectivity index (χ1n) is 8.38. The Morgan fingerprint density at radius 2 is 2.04 bits per heavy atom. The molecule has 0 radical (unpaired) electrons. The van der Waals surface area contributed by atoms with E-state index >= 15 is 0 Å². The highest BCUT2D eigenvalue weighted by atomic mass is 127. The number of aliphatic imine (C=N–C) groups is 1. The van der Waals surface area contributed by atoms with Gasteiger partial charge in [-0.2, -0.15) is 5.10 Å². The first-order chi connectivity index (χ1) is 12.8. The van der Waals surface area contributed by atoms with Crippen molar-refractivity contribution in [1.29, 1.82) is 0 Å². The van der Waals surface area contributed by atoms with Gasteiger partial charge in [0.05, 0.1) is 13.7 Å². The fraction of sp³-hybridized carbons (Fsp3) is 0.278. The molecular weight excluding hydrogens is 475 g/mol. The number of aromatic amines is 1. The Morgan fingerprint density at radius 1 is 1.22 bits per heavy atom. The van der Waals surface area contributed by atoms with Gasteiger partial charge in [-0.15, -0.1) is 35.3 Å². The van der Waals surface area contributed by atoms with Crippen LogP contribution in [0.4, 0.5) is 0 Å². The van der Waals surface area contributed by atoms with Crippen LogP contribution in [0.5, 0.6) is 5.75 Å². The zero-order chi connectivity index (χ0) is 18.2. The van der Waals surface area contributed by atoms with E-state index in [2.05, 4.69) is 42.3 Å². The number of nitrogens with one attached hydrogen (secondary N) is 3. The zero-order valence-corrected chi connectivity index (χ0v) is 18.4. The molecule has 3 rings (SSSR count). The minimum atomic E-state index is 0. The van der Waals surface area contributed by atoms with Gasteiger partial charge in [-0.3, -0.25) is 5.10 Å². The third kappa shape index (κ3) is 6.21. The van der Waals surface area contributed by atoms with Crippen LogP contribution in [0.2, 0.25) is 0 Å². The maximum atomic E-state index is 5.17. The number of benzene rings is 1. The number of guanidine groups is 1. The number of H-pyrrole nitrogens is 1. The number of aromatic nitrogens is 3. The highest BCUT2D eigenvalue weighted by Gasteiger charge is 2.06. The Kier molecular flexibility index (Phi) is 8.52. The number of hydrogen-bond donors (Lipinski definition) is 3. The lowest BCUT2D eigenvalue weighted by Crippen LogP contribution is -2.36. The quantitative estimate of drug-likeness (QED) is 0.264. The summed E-state index contributed by atoms with van der Waals surface area (Å²) < 4.78 is 5.17. The zero-order valence-electron chi connectivity index (χ0n) is 15.2. The first-order valence-corrected chi connectivity index (χ1v) is 9.26. The van der Waals surface area contributed by atoms with Crippen LogP contribution in [0, 0.1) is 0 Å². The second-order valence-corrected chi connectivity index (χ2v) is 6.49. The maximum absolute atomic E-state index is 5.17. The van der Waals surface area contributed by atoms with Crippen LogP contribution in [0.25, 0.3) is 11.4 Å². The molecule has 27 heavy (non-hydrogen) atoms. The number of halogens is 1. The Labute approximate surface area is 179 Å². The normalized spacial score (nSPS) is 11.0. The van der Waals surface area contributed by atoms with Crippen molar-refractivity contribution in [2.75, 3.05) is 13.7 Å². The molecule has 3 N–H and O–H groups in total. The third-order valence-corrected chi connectivity index (χ3v) is 4.50. The van der Waals surface area contributed by atoms with Gasteiger partial charge in [-0.25, -0.2) is 9.98 Å². The Hall–Kier alpha value is -2.14. The number of hydrogen-bond acceptors (Lipinski definition) is 5. The Balaban J connectivity index is 0.00000261. The van der Waals surface area contributed by atoms with E-state index in [-0.39, 0.29) is 24.0 Å². The van der Waals surface area contributed by atoms with Gasteiger partial charge in [0.15, 0.2) is 11.8 Å². The van der Waals surface area contributed by atoms with Crippen LogP contribution >= 0.6 is 35.3 Å². The molecule has 7 nitrogen and oxygen atoms in total. The average molecular weight is 498 g/mol. The van der Waals surface area contributed by atoms with Crippen molar-refractivity contribution in [1.82, 2.24) is 25.8 Å². The number of thiophene rings is 1.